The number of hydrogen-bond donors (Lipinski definition) is 1. The van der Waals surface area contributed by atoms with Crippen molar-refractivity contribution in [2.45, 2.75) is 39.3 Å². The standard InChI is InChI=1S/C14H21NO2/c1-4-17-14(16)10-13(15-11(2)3)12-8-6-5-7-9-12/h5-9,11,13,15H,4,10H2,1-3H3. The van der Waals surface area contributed by atoms with Gasteiger partial charge in [-0.05, 0) is 12.5 Å². The summed E-state index contributed by atoms with van der Waals surface area (Å²) >= 11 is 0. The quantitative estimate of drug-likeness (QED) is 0.770. The Bertz CT molecular complexity index is 335. The molecule has 0 saturated heterocycles. The van der Waals surface area contributed by atoms with Crippen molar-refractivity contribution in [1.82, 2.24) is 5.32 Å². The van der Waals surface area contributed by atoms with Crippen molar-refractivity contribution in [3.63, 3.8) is 0 Å². The molecule has 3 heteroatoms. The summed E-state index contributed by atoms with van der Waals surface area (Å²) in [6, 6.07) is 10.3. The van der Waals surface area contributed by atoms with Crippen molar-refractivity contribution in [3.05, 3.63) is 35.9 Å². The van der Waals surface area contributed by atoms with Crippen LogP contribution in [0.1, 0.15) is 38.8 Å². The van der Waals surface area contributed by atoms with Crippen molar-refractivity contribution in [3.8, 4) is 0 Å². The summed E-state index contributed by atoms with van der Waals surface area (Å²) < 4.78 is 5.00. The zero-order valence-corrected chi connectivity index (χ0v) is 10.8. The molecule has 1 N–H and O–H groups in total. The van der Waals surface area contributed by atoms with Crippen molar-refractivity contribution in [1.29, 1.82) is 0 Å². The van der Waals surface area contributed by atoms with Crippen molar-refractivity contribution < 1.29 is 9.53 Å². The van der Waals surface area contributed by atoms with E-state index in [1.54, 1.807) is 0 Å². The molecule has 0 amide bonds. The zero-order chi connectivity index (χ0) is 12.7. The van der Waals surface area contributed by atoms with Crippen molar-refractivity contribution >= 4 is 5.97 Å². The van der Waals surface area contributed by atoms with Crippen LogP contribution in [0.15, 0.2) is 30.3 Å². The molecule has 0 radical (unpaired) electrons. The molecular weight excluding hydrogens is 214 g/mol. The lowest BCUT2D eigenvalue weighted by Crippen LogP contribution is -2.30. The van der Waals surface area contributed by atoms with Gasteiger partial charge in [0.05, 0.1) is 13.0 Å². The number of carbonyl (C=O) groups excluding carboxylic acids is 1. The molecule has 0 bridgehead atoms. The van der Waals surface area contributed by atoms with Crippen LogP contribution in [0.25, 0.3) is 0 Å². The molecule has 1 unspecified atom stereocenters. The number of nitrogens with one attached hydrogen (secondary N) is 1. The molecule has 17 heavy (non-hydrogen) atoms. The van der Waals surface area contributed by atoms with Gasteiger partial charge in [-0.3, -0.25) is 4.79 Å². The van der Waals surface area contributed by atoms with Crippen molar-refractivity contribution in [2.24, 2.45) is 0 Å². The summed E-state index contributed by atoms with van der Waals surface area (Å²) in [6.07, 6.45) is 0.371. The minimum atomic E-state index is -0.158. The lowest BCUT2D eigenvalue weighted by molar-refractivity contribution is -0.143. The highest BCUT2D eigenvalue weighted by Gasteiger charge is 2.17. The molecule has 3 nitrogen and oxygen atoms in total. The Balaban J connectivity index is 2.70. The average molecular weight is 235 g/mol. The van der Waals surface area contributed by atoms with Gasteiger partial charge in [0.1, 0.15) is 0 Å². The Labute approximate surface area is 103 Å². The number of ether oxygens (including phenoxy) is 1. The van der Waals surface area contributed by atoms with E-state index in [1.807, 2.05) is 37.3 Å². The van der Waals surface area contributed by atoms with Gasteiger partial charge in [-0.15, -0.1) is 0 Å². The van der Waals surface area contributed by atoms with Gasteiger partial charge in [0.25, 0.3) is 0 Å². The number of esters is 1. The highest BCUT2D eigenvalue weighted by Crippen LogP contribution is 2.17. The lowest BCUT2D eigenvalue weighted by Gasteiger charge is -2.20. The van der Waals surface area contributed by atoms with Crippen LogP contribution in [0, 0.1) is 0 Å². The lowest BCUT2D eigenvalue weighted by atomic mass is 10.0. The second-order valence-corrected chi connectivity index (χ2v) is 4.29. The average Bonchev–Trinajstić information content (AvgIpc) is 2.29. The first-order chi connectivity index (χ1) is 8.13. The molecule has 1 aromatic carbocycles. The third-order valence-electron chi connectivity index (χ3n) is 2.41. The fraction of sp³-hybridized carbons (Fsp3) is 0.500. The zero-order valence-electron chi connectivity index (χ0n) is 10.8. The molecule has 0 aliphatic carbocycles. The number of benzene rings is 1. The topological polar surface area (TPSA) is 38.3 Å². The van der Waals surface area contributed by atoms with Gasteiger partial charge in [-0.1, -0.05) is 44.2 Å². The summed E-state index contributed by atoms with van der Waals surface area (Å²) in [6.45, 7) is 6.40. The molecular formula is C14H21NO2. The van der Waals surface area contributed by atoms with E-state index >= 15 is 0 Å². The molecule has 0 aliphatic rings. The first kappa shape index (κ1) is 13.7. The predicted octanol–water partition coefficient (Wildman–Crippen LogP) is 2.68. The van der Waals surface area contributed by atoms with E-state index < -0.39 is 0 Å². The van der Waals surface area contributed by atoms with E-state index in [2.05, 4.69) is 19.2 Å². The highest BCUT2D eigenvalue weighted by atomic mass is 16.5. The van der Waals surface area contributed by atoms with Gasteiger partial charge in [-0.25, -0.2) is 0 Å². The molecule has 1 rings (SSSR count). The van der Waals surface area contributed by atoms with Crippen LogP contribution >= 0.6 is 0 Å². The Kier molecular flexibility index (Phi) is 5.70. The van der Waals surface area contributed by atoms with Crippen LogP contribution in [0.2, 0.25) is 0 Å². The van der Waals surface area contributed by atoms with Gasteiger partial charge in [0.15, 0.2) is 0 Å². The van der Waals surface area contributed by atoms with Crippen LogP contribution in [0.3, 0.4) is 0 Å². The predicted molar refractivity (Wildman–Crippen MR) is 68.7 cm³/mol. The van der Waals surface area contributed by atoms with Crippen LogP contribution in [0.5, 0.6) is 0 Å². The molecule has 0 aromatic heterocycles. The minimum Gasteiger partial charge on any atom is -0.466 e. The maximum Gasteiger partial charge on any atom is 0.307 e. The smallest absolute Gasteiger partial charge is 0.307 e. The fourth-order valence-corrected chi connectivity index (χ4v) is 1.75. The van der Waals surface area contributed by atoms with Crippen LogP contribution in [-0.2, 0) is 9.53 Å². The van der Waals surface area contributed by atoms with Gasteiger partial charge in [-0.2, -0.15) is 0 Å². The second kappa shape index (κ2) is 7.07. The van der Waals surface area contributed by atoms with Crippen LogP contribution in [-0.4, -0.2) is 18.6 Å². The molecule has 94 valence electrons. The Morgan fingerprint density at radius 3 is 2.47 bits per heavy atom. The highest BCUT2D eigenvalue weighted by molar-refractivity contribution is 5.70. The number of hydrogen-bond acceptors (Lipinski definition) is 3. The Morgan fingerprint density at radius 1 is 1.29 bits per heavy atom. The third kappa shape index (κ3) is 5.00. The van der Waals surface area contributed by atoms with E-state index in [9.17, 15) is 4.79 Å². The molecule has 1 aromatic rings. The summed E-state index contributed by atoms with van der Waals surface area (Å²) in [5.74, 6) is -0.158. The summed E-state index contributed by atoms with van der Waals surface area (Å²) in [5.41, 5.74) is 1.12. The van der Waals surface area contributed by atoms with E-state index in [-0.39, 0.29) is 12.0 Å². The molecule has 0 fully saturated rings. The molecule has 0 heterocycles. The Morgan fingerprint density at radius 2 is 1.94 bits per heavy atom. The largest absolute Gasteiger partial charge is 0.466 e. The first-order valence-corrected chi connectivity index (χ1v) is 6.10. The van der Waals surface area contributed by atoms with Crippen LogP contribution in [0.4, 0.5) is 0 Å². The normalized spacial score (nSPS) is 12.5. The second-order valence-electron chi connectivity index (χ2n) is 4.29. The SMILES string of the molecule is CCOC(=O)CC(NC(C)C)c1ccccc1. The van der Waals surface area contributed by atoms with Gasteiger partial charge >= 0.3 is 5.97 Å². The van der Waals surface area contributed by atoms with E-state index in [0.717, 1.165) is 5.56 Å². The maximum atomic E-state index is 11.5. The number of carbonyl (C=O) groups is 1. The molecule has 1 atom stereocenters. The summed E-state index contributed by atoms with van der Waals surface area (Å²) in [5, 5.41) is 3.38. The van der Waals surface area contributed by atoms with Crippen LogP contribution < -0.4 is 5.32 Å². The first-order valence-electron chi connectivity index (χ1n) is 6.10. The molecule has 0 aliphatic heterocycles. The van der Waals surface area contributed by atoms with Gasteiger partial charge < -0.3 is 10.1 Å². The maximum absolute atomic E-state index is 11.5. The van der Waals surface area contributed by atoms with E-state index in [1.165, 1.54) is 0 Å². The Hall–Kier alpha value is -1.35. The van der Waals surface area contributed by atoms with Crippen molar-refractivity contribution in [2.75, 3.05) is 6.61 Å². The monoisotopic (exact) mass is 235 g/mol. The minimum absolute atomic E-state index is 0.0234. The van der Waals surface area contributed by atoms with E-state index in [0.29, 0.717) is 19.1 Å². The fourth-order valence-electron chi connectivity index (χ4n) is 1.75. The number of rotatable bonds is 6. The van der Waals surface area contributed by atoms with E-state index in [4.69, 9.17) is 4.74 Å². The molecule has 0 saturated carbocycles. The van der Waals surface area contributed by atoms with Gasteiger partial charge in [0.2, 0.25) is 0 Å². The molecule has 0 spiro atoms. The summed E-state index contributed by atoms with van der Waals surface area (Å²) in [4.78, 5) is 11.5. The summed E-state index contributed by atoms with van der Waals surface area (Å²) in [7, 11) is 0. The third-order valence-corrected chi connectivity index (χ3v) is 2.41. The van der Waals surface area contributed by atoms with Gasteiger partial charge in [0, 0.05) is 12.1 Å².